The van der Waals surface area contributed by atoms with Gasteiger partial charge in [0.1, 0.15) is 17.5 Å². The summed E-state index contributed by atoms with van der Waals surface area (Å²) < 4.78 is 0. The summed E-state index contributed by atoms with van der Waals surface area (Å²) in [5.41, 5.74) is 4.15. The van der Waals surface area contributed by atoms with E-state index in [1.807, 2.05) is 25.1 Å². The summed E-state index contributed by atoms with van der Waals surface area (Å²) >= 11 is 0. The van der Waals surface area contributed by atoms with Crippen LogP contribution in [0.25, 0.3) is 11.1 Å². The van der Waals surface area contributed by atoms with Gasteiger partial charge in [-0.2, -0.15) is 20.2 Å². The van der Waals surface area contributed by atoms with E-state index < -0.39 is 0 Å². The van der Waals surface area contributed by atoms with Crippen LogP contribution in [-0.4, -0.2) is 58.1 Å². The number of piperazine rings is 1. The monoisotopic (exact) mass is 470 g/mol. The molecule has 3 aromatic rings. The Bertz CT molecular complexity index is 1230. The average molecular weight is 471 g/mol. The number of benzene rings is 1. The van der Waals surface area contributed by atoms with Crippen molar-refractivity contribution in [1.82, 2.24) is 24.8 Å². The van der Waals surface area contributed by atoms with Crippen molar-refractivity contribution in [1.29, 1.82) is 5.26 Å². The minimum atomic E-state index is -0.206. The lowest BCUT2D eigenvalue weighted by atomic mass is 9.88. The predicted molar refractivity (Wildman–Crippen MR) is 140 cm³/mol. The zero-order chi connectivity index (χ0) is 25.2. The van der Waals surface area contributed by atoms with Crippen molar-refractivity contribution in [3.05, 3.63) is 53.0 Å². The molecule has 35 heavy (non-hydrogen) atoms. The van der Waals surface area contributed by atoms with Crippen molar-refractivity contribution in [3.63, 3.8) is 0 Å². The number of anilines is 3. The van der Waals surface area contributed by atoms with Crippen LogP contribution in [0.3, 0.4) is 0 Å². The zero-order valence-electron chi connectivity index (χ0n) is 21.6. The van der Waals surface area contributed by atoms with Gasteiger partial charge in [0.25, 0.3) is 0 Å². The number of nitriles is 1. The average Bonchev–Trinajstić information content (AvgIpc) is 2.83. The minimum absolute atomic E-state index is 0.206. The van der Waals surface area contributed by atoms with Gasteiger partial charge in [0.2, 0.25) is 11.9 Å². The number of hydrogen-bond acceptors (Lipinski definition) is 8. The Morgan fingerprint density at radius 3 is 2.29 bits per heavy atom. The molecule has 0 amide bonds. The molecule has 0 spiro atoms. The van der Waals surface area contributed by atoms with Crippen molar-refractivity contribution < 1.29 is 0 Å². The van der Waals surface area contributed by atoms with Crippen LogP contribution in [0.2, 0.25) is 0 Å². The van der Waals surface area contributed by atoms with Crippen LogP contribution in [0.1, 0.15) is 50.3 Å². The second kappa shape index (κ2) is 9.96. The summed E-state index contributed by atoms with van der Waals surface area (Å²) in [7, 11) is 2.12. The molecule has 8 heteroatoms. The Kier molecular flexibility index (Phi) is 6.99. The zero-order valence-corrected chi connectivity index (χ0v) is 21.6. The highest BCUT2D eigenvalue weighted by Crippen LogP contribution is 2.34. The SMILES string of the molecule is CCc1nc(Nc2nc(C(C)(C)C)cc(-c3ccc(C)cc3)c2C#N)nc(N2CCN(C)CC2)n1. The first kappa shape index (κ1) is 24.6. The molecule has 0 unspecified atom stereocenters. The quantitative estimate of drug-likeness (QED) is 0.584. The third kappa shape index (κ3) is 5.57. The molecule has 0 saturated carbocycles. The Labute approximate surface area is 208 Å². The molecular weight excluding hydrogens is 436 g/mol. The Balaban J connectivity index is 1.79. The lowest BCUT2D eigenvalue weighted by Crippen LogP contribution is -2.45. The number of aromatic nitrogens is 4. The van der Waals surface area contributed by atoms with Gasteiger partial charge in [-0.1, -0.05) is 57.5 Å². The number of likely N-dealkylation sites (N-methyl/N-ethyl adjacent to an activating group) is 1. The predicted octanol–water partition coefficient (Wildman–Crippen LogP) is 4.47. The van der Waals surface area contributed by atoms with Crippen LogP contribution in [0.4, 0.5) is 17.7 Å². The Morgan fingerprint density at radius 1 is 1.00 bits per heavy atom. The van der Waals surface area contributed by atoms with Crippen LogP contribution in [0.5, 0.6) is 0 Å². The molecule has 1 aliphatic heterocycles. The molecule has 1 fully saturated rings. The first-order valence-electron chi connectivity index (χ1n) is 12.2. The fourth-order valence-corrected chi connectivity index (χ4v) is 3.97. The van der Waals surface area contributed by atoms with Crippen LogP contribution in [0, 0.1) is 18.3 Å². The van der Waals surface area contributed by atoms with Gasteiger partial charge in [0.15, 0.2) is 5.82 Å². The first-order chi connectivity index (χ1) is 16.7. The molecular formula is C27H34N8. The van der Waals surface area contributed by atoms with Gasteiger partial charge < -0.3 is 15.1 Å². The highest BCUT2D eigenvalue weighted by Gasteiger charge is 2.23. The second-order valence-electron chi connectivity index (χ2n) is 10.2. The summed E-state index contributed by atoms with van der Waals surface area (Å²) in [6, 6.07) is 12.6. The molecule has 0 atom stereocenters. The molecule has 2 aromatic heterocycles. The van der Waals surface area contributed by atoms with Crippen molar-refractivity contribution in [3.8, 4) is 17.2 Å². The summed E-state index contributed by atoms with van der Waals surface area (Å²) in [6.07, 6.45) is 0.688. The van der Waals surface area contributed by atoms with E-state index in [0.29, 0.717) is 35.5 Å². The van der Waals surface area contributed by atoms with Crippen molar-refractivity contribution in [2.24, 2.45) is 0 Å². The molecule has 1 aromatic carbocycles. The summed E-state index contributed by atoms with van der Waals surface area (Å²) in [5, 5.41) is 13.5. The van der Waals surface area contributed by atoms with Gasteiger partial charge in [-0.25, -0.2) is 4.98 Å². The van der Waals surface area contributed by atoms with Gasteiger partial charge in [-0.05, 0) is 25.6 Å². The van der Waals surface area contributed by atoms with Crippen molar-refractivity contribution >= 4 is 17.7 Å². The third-order valence-electron chi connectivity index (χ3n) is 6.26. The molecule has 1 N–H and O–H groups in total. The molecule has 8 nitrogen and oxygen atoms in total. The molecule has 0 bridgehead atoms. The van der Waals surface area contributed by atoms with Gasteiger partial charge in [0.05, 0.1) is 0 Å². The van der Waals surface area contributed by atoms with E-state index in [2.05, 4.69) is 78.0 Å². The molecule has 1 aliphatic rings. The highest BCUT2D eigenvalue weighted by molar-refractivity contribution is 5.78. The van der Waals surface area contributed by atoms with E-state index in [9.17, 15) is 5.26 Å². The summed E-state index contributed by atoms with van der Waals surface area (Å²) in [6.45, 7) is 14.1. The van der Waals surface area contributed by atoms with Crippen LogP contribution >= 0.6 is 0 Å². The lowest BCUT2D eigenvalue weighted by molar-refractivity contribution is 0.311. The summed E-state index contributed by atoms with van der Waals surface area (Å²) in [5.74, 6) is 2.25. The lowest BCUT2D eigenvalue weighted by Gasteiger charge is -2.32. The number of pyridine rings is 1. The molecule has 4 rings (SSSR count). The highest BCUT2D eigenvalue weighted by atomic mass is 15.3. The third-order valence-corrected chi connectivity index (χ3v) is 6.26. The largest absolute Gasteiger partial charge is 0.338 e. The fraction of sp³-hybridized carbons (Fsp3) is 0.444. The normalized spacial score (nSPS) is 14.6. The van der Waals surface area contributed by atoms with Gasteiger partial charge in [0, 0.05) is 49.3 Å². The molecule has 182 valence electrons. The van der Waals surface area contributed by atoms with E-state index in [1.54, 1.807) is 0 Å². The fourth-order valence-electron chi connectivity index (χ4n) is 3.97. The number of rotatable bonds is 5. The van der Waals surface area contributed by atoms with E-state index >= 15 is 0 Å². The van der Waals surface area contributed by atoms with Crippen molar-refractivity contribution in [2.75, 3.05) is 43.4 Å². The molecule has 3 heterocycles. The smallest absolute Gasteiger partial charge is 0.233 e. The topological polar surface area (TPSA) is 93.9 Å². The minimum Gasteiger partial charge on any atom is -0.338 e. The number of hydrogen-bond donors (Lipinski definition) is 1. The standard InChI is InChI=1S/C27H34N8/c1-7-23-30-25(33-26(31-23)35-14-12-34(6)13-15-35)32-24-21(17-28)20(16-22(29-24)27(3,4)5)19-10-8-18(2)9-11-19/h8-11,16H,7,12-15H2,1-6H3,(H,29,30,31,32,33). The molecule has 0 radical (unpaired) electrons. The molecule has 0 aliphatic carbocycles. The second-order valence-corrected chi connectivity index (χ2v) is 10.2. The van der Waals surface area contributed by atoms with E-state index in [-0.39, 0.29) is 5.41 Å². The Morgan fingerprint density at radius 2 is 1.69 bits per heavy atom. The maximum atomic E-state index is 10.2. The van der Waals surface area contributed by atoms with E-state index in [0.717, 1.165) is 43.0 Å². The van der Waals surface area contributed by atoms with Crippen molar-refractivity contribution in [2.45, 2.75) is 46.5 Å². The van der Waals surface area contributed by atoms with E-state index in [4.69, 9.17) is 9.97 Å². The van der Waals surface area contributed by atoms with Gasteiger partial charge in [-0.15, -0.1) is 0 Å². The first-order valence-corrected chi connectivity index (χ1v) is 12.2. The molecule has 1 saturated heterocycles. The number of nitrogens with one attached hydrogen (secondary N) is 1. The van der Waals surface area contributed by atoms with Crippen LogP contribution in [-0.2, 0) is 11.8 Å². The van der Waals surface area contributed by atoms with E-state index in [1.165, 1.54) is 5.56 Å². The van der Waals surface area contributed by atoms with Gasteiger partial charge in [-0.3, -0.25) is 0 Å². The van der Waals surface area contributed by atoms with Gasteiger partial charge >= 0.3 is 0 Å². The summed E-state index contributed by atoms with van der Waals surface area (Å²) in [4.78, 5) is 23.4. The maximum absolute atomic E-state index is 10.2. The number of aryl methyl sites for hydroxylation is 2. The van der Waals surface area contributed by atoms with Crippen LogP contribution < -0.4 is 10.2 Å². The Hall–Kier alpha value is -3.57. The maximum Gasteiger partial charge on any atom is 0.233 e. The number of nitrogens with zero attached hydrogens (tertiary/aromatic N) is 7. The van der Waals surface area contributed by atoms with Crippen LogP contribution in [0.15, 0.2) is 30.3 Å².